The molecule has 0 aromatic carbocycles. The standard InChI is InChI=1S/C10H12BrN3/c1-2-14(7-3-6-12)10-5-4-9(11)8-13-10/h4-5,8H,2-3,7H2,1H3. The number of rotatable bonds is 4. The highest BCUT2D eigenvalue weighted by molar-refractivity contribution is 9.10. The van der Waals surface area contributed by atoms with Crippen molar-refractivity contribution in [3.63, 3.8) is 0 Å². The van der Waals surface area contributed by atoms with E-state index >= 15 is 0 Å². The van der Waals surface area contributed by atoms with Crippen molar-refractivity contribution >= 4 is 21.7 Å². The van der Waals surface area contributed by atoms with Gasteiger partial charge in [0.15, 0.2) is 0 Å². The van der Waals surface area contributed by atoms with Crippen LogP contribution in [-0.4, -0.2) is 18.1 Å². The van der Waals surface area contributed by atoms with Crippen LogP contribution in [0.15, 0.2) is 22.8 Å². The van der Waals surface area contributed by atoms with Crippen LogP contribution in [-0.2, 0) is 0 Å². The lowest BCUT2D eigenvalue weighted by atomic mass is 10.3. The Morgan fingerprint density at radius 3 is 2.86 bits per heavy atom. The summed E-state index contributed by atoms with van der Waals surface area (Å²) in [6, 6.07) is 6.04. The topological polar surface area (TPSA) is 39.9 Å². The largest absolute Gasteiger partial charge is 0.356 e. The molecule has 0 radical (unpaired) electrons. The van der Waals surface area contributed by atoms with Gasteiger partial charge in [0.1, 0.15) is 5.82 Å². The number of nitriles is 1. The molecule has 1 heterocycles. The molecule has 14 heavy (non-hydrogen) atoms. The van der Waals surface area contributed by atoms with Crippen LogP contribution in [0.4, 0.5) is 5.82 Å². The molecule has 1 aromatic heterocycles. The van der Waals surface area contributed by atoms with Gasteiger partial charge in [0.25, 0.3) is 0 Å². The van der Waals surface area contributed by atoms with E-state index in [9.17, 15) is 0 Å². The summed E-state index contributed by atoms with van der Waals surface area (Å²) in [5, 5.41) is 8.50. The first-order chi connectivity index (χ1) is 6.77. The lowest BCUT2D eigenvalue weighted by molar-refractivity contribution is 0.810. The fraction of sp³-hybridized carbons (Fsp3) is 0.400. The Labute approximate surface area is 92.5 Å². The van der Waals surface area contributed by atoms with E-state index in [1.165, 1.54) is 0 Å². The maximum atomic E-state index is 8.50. The van der Waals surface area contributed by atoms with Crippen molar-refractivity contribution in [3.05, 3.63) is 22.8 Å². The number of aromatic nitrogens is 1. The van der Waals surface area contributed by atoms with Crippen LogP contribution in [0.3, 0.4) is 0 Å². The van der Waals surface area contributed by atoms with Crippen LogP contribution < -0.4 is 4.90 Å². The van der Waals surface area contributed by atoms with Gasteiger partial charge >= 0.3 is 0 Å². The van der Waals surface area contributed by atoms with E-state index in [0.717, 1.165) is 23.4 Å². The fourth-order valence-corrected chi connectivity index (χ4v) is 1.41. The van der Waals surface area contributed by atoms with Gasteiger partial charge in [0, 0.05) is 23.8 Å². The highest BCUT2D eigenvalue weighted by Gasteiger charge is 2.03. The summed E-state index contributed by atoms with van der Waals surface area (Å²) in [6.45, 7) is 3.67. The first-order valence-corrected chi connectivity index (χ1v) is 5.30. The molecule has 1 aromatic rings. The zero-order valence-electron chi connectivity index (χ0n) is 8.07. The van der Waals surface area contributed by atoms with Gasteiger partial charge in [0.2, 0.25) is 0 Å². The Morgan fingerprint density at radius 1 is 1.57 bits per heavy atom. The molecule has 0 aliphatic rings. The third-order valence-corrected chi connectivity index (χ3v) is 2.38. The molecule has 0 amide bonds. The number of hydrogen-bond donors (Lipinski definition) is 0. The van der Waals surface area contributed by atoms with Crippen molar-refractivity contribution in [3.8, 4) is 6.07 Å². The van der Waals surface area contributed by atoms with E-state index in [2.05, 4.69) is 38.8 Å². The second-order valence-electron chi connectivity index (χ2n) is 2.82. The average Bonchev–Trinajstić information content (AvgIpc) is 2.21. The second-order valence-corrected chi connectivity index (χ2v) is 3.74. The van der Waals surface area contributed by atoms with E-state index in [4.69, 9.17) is 5.26 Å². The second kappa shape index (κ2) is 5.61. The summed E-state index contributed by atoms with van der Waals surface area (Å²) in [7, 11) is 0. The lowest BCUT2D eigenvalue weighted by Crippen LogP contribution is -2.24. The van der Waals surface area contributed by atoms with Gasteiger partial charge in [-0.25, -0.2) is 4.98 Å². The highest BCUT2D eigenvalue weighted by atomic mass is 79.9. The van der Waals surface area contributed by atoms with Crippen molar-refractivity contribution in [2.24, 2.45) is 0 Å². The normalized spacial score (nSPS) is 9.50. The first-order valence-electron chi connectivity index (χ1n) is 4.51. The molecule has 0 spiro atoms. The van der Waals surface area contributed by atoms with E-state index in [1.54, 1.807) is 6.20 Å². The lowest BCUT2D eigenvalue weighted by Gasteiger charge is -2.20. The van der Waals surface area contributed by atoms with Gasteiger partial charge < -0.3 is 4.90 Å². The van der Waals surface area contributed by atoms with E-state index < -0.39 is 0 Å². The third kappa shape index (κ3) is 3.00. The first kappa shape index (κ1) is 11.0. The Kier molecular flexibility index (Phi) is 4.41. The van der Waals surface area contributed by atoms with Crippen LogP contribution in [0.5, 0.6) is 0 Å². The average molecular weight is 254 g/mol. The number of hydrogen-bond acceptors (Lipinski definition) is 3. The number of nitrogens with zero attached hydrogens (tertiary/aromatic N) is 3. The molecule has 4 heteroatoms. The van der Waals surface area contributed by atoms with Gasteiger partial charge in [-0.05, 0) is 35.0 Å². The minimum Gasteiger partial charge on any atom is -0.356 e. The van der Waals surface area contributed by atoms with Crippen LogP contribution in [0, 0.1) is 11.3 Å². The molecular weight excluding hydrogens is 242 g/mol. The molecule has 0 N–H and O–H groups in total. The molecule has 0 fully saturated rings. The number of pyridine rings is 1. The predicted molar refractivity (Wildman–Crippen MR) is 60.1 cm³/mol. The highest BCUT2D eigenvalue weighted by Crippen LogP contribution is 2.14. The predicted octanol–water partition coefficient (Wildman–Crippen LogP) is 2.58. The SMILES string of the molecule is CCN(CCC#N)c1ccc(Br)cn1. The molecule has 3 nitrogen and oxygen atoms in total. The smallest absolute Gasteiger partial charge is 0.128 e. The van der Waals surface area contributed by atoms with Gasteiger partial charge in [-0.15, -0.1) is 0 Å². The molecule has 0 bridgehead atoms. The molecule has 0 aliphatic carbocycles. The van der Waals surface area contributed by atoms with Crippen molar-refractivity contribution in [2.45, 2.75) is 13.3 Å². The van der Waals surface area contributed by atoms with E-state index in [-0.39, 0.29) is 0 Å². The van der Waals surface area contributed by atoms with Crippen LogP contribution in [0.2, 0.25) is 0 Å². The summed E-state index contributed by atoms with van der Waals surface area (Å²) in [5.74, 6) is 0.922. The van der Waals surface area contributed by atoms with Crippen molar-refractivity contribution in [2.75, 3.05) is 18.0 Å². The van der Waals surface area contributed by atoms with Crippen molar-refractivity contribution in [1.82, 2.24) is 4.98 Å². The Morgan fingerprint density at radius 2 is 2.36 bits per heavy atom. The molecule has 1 rings (SSSR count). The minimum absolute atomic E-state index is 0.533. The third-order valence-electron chi connectivity index (χ3n) is 1.91. The Hall–Kier alpha value is -1.08. The van der Waals surface area contributed by atoms with Crippen LogP contribution >= 0.6 is 15.9 Å². The molecule has 74 valence electrons. The van der Waals surface area contributed by atoms with Crippen molar-refractivity contribution < 1.29 is 0 Å². The maximum absolute atomic E-state index is 8.50. The summed E-state index contributed by atoms with van der Waals surface area (Å²) < 4.78 is 0.970. The molecular formula is C10H12BrN3. The molecule has 0 saturated heterocycles. The molecule has 0 atom stereocenters. The van der Waals surface area contributed by atoms with E-state index in [1.807, 2.05) is 12.1 Å². The number of anilines is 1. The van der Waals surface area contributed by atoms with Gasteiger partial charge in [0.05, 0.1) is 12.5 Å². The zero-order valence-corrected chi connectivity index (χ0v) is 9.66. The zero-order chi connectivity index (χ0) is 10.4. The van der Waals surface area contributed by atoms with Crippen molar-refractivity contribution in [1.29, 1.82) is 5.26 Å². The van der Waals surface area contributed by atoms with Crippen LogP contribution in [0.25, 0.3) is 0 Å². The fourth-order valence-electron chi connectivity index (χ4n) is 1.17. The monoisotopic (exact) mass is 253 g/mol. The van der Waals surface area contributed by atoms with E-state index in [0.29, 0.717) is 6.42 Å². The van der Waals surface area contributed by atoms with Gasteiger partial charge in [-0.1, -0.05) is 0 Å². The maximum Gasteiger partial charge on any atom is 0.128 e. The molecule has 0 unspecified atom stereocenters. The van der Waals surface area contributed by atoms with Crippen LogP contribution in [0.1, 0.15) is 13.3 Å². The number of halogens is 1. The summed E-state index contributed by atoms with van der Waals surface area (Å²) in [6.07, 6.45) is 2.30. The molecule has 0 saturated carbocycles. The minimum atomic E-state index is 0.533. The Bertz CT molecular complexity index is 315. The molecule has 0 aliphatic heterocycles. The Balaban J connectivity index is 2.69. The quantitative estimate of drug-likeness (QED) is 0.829. The van der Waals surface area contributed by atoms with Gasteiger partial charge in [-0.2, -0.15) is 5.26 Å². The summed E-state index contributed by atoms with van der Waals surface area (Å²) in [5.41, 5.74) is 0. The van der Waals surface area contributed by atoms with Gasteiger partial charge in [-0.3, -0.25) is 0 Å². The summed E-state index contributed by atoms with van der Waals surface area (Å²) in [4.78, 5) is 6.35. The summed E-state index contributed by atoms with van der Waals surface area (Å²) >= 11 is 3.34.